The Hall–Kier alpha value is -1.99. The van der Waals surface area contributed by atoms with Gasteiger partial charge in [0.2, 0.25) is 5.91 Å². The van der Waals surface area contributed by atoms with Crippen molar-refractivity contribution < 1.29 is 17.6 Å². The van der Waals surface area contributed by atoms with Crippen LogP contribution in [0.2, 0.25) is 5.02 Å². The maximum Gasteiger partial charge on any atom is 0.243 e. The summed E-state index contributed by atoms with van der Waals surface area (Å²) < 4.78 is 37.5. The fourth-order valence-electron chi connectivity index (χ4n) is 1.65. The number of aromatic nitrogens is 1. The molecular formula is C14H12ClFN2O3S. The standard InChI is InChI=1S/C14H12ClFN2O3S/c1-9(14(19)18-13-7-2-10(15)8-17-13)22(20,21)12-5-3-11(16)4-6-12/h2-9H,1H3,(H,17,18,19). The molecule has 1 amide bonds. The number of nitrogens with zero attached hydrogens (tertiary/aromatic N) is 1. The van der Waals surface area contributed by atoms with E-state index in [4.69, 9.17) is 11.6 Å². The summed E-state index contributed by atoms with van der Waals surface area (Å²) in [4.78, 5) is 15.8. The van der Waals surface area contributed by atoms with Crippen LogP contribution < -0.4 is 5.32 Å². The number of sulfone groups is 1. The van der Waals surface area contributed by atoms with Crippen LogP contribution in [0.15, 0.2) is 47.5 Å². The number of hydrogen-bond acceptors (Lipinski definition) is 4. The Morgan fingerprint density at radius 1 is 1.23 bits per heavy atom. The van der Waals surface area contributed by atoms with E-state index in [0.717, 1.165) is 24.3 Å². The van der Waals surface area contributed by atoms with Gasteiger partial charge in [0.25, 0.3) is 0 Å². The van der Waals surface area contributed by atoms with Crippen LogP contribution in [-0.2, 0) is 14.6 Å². The zero-order valence-corrected chi connectivity index (χ0v) is 13.0. The number of amides is 1. The Kier molecular flexibility index (Phi) is 4.77. The molecule has 0 bridgehead atoms. The van der Waals surface area contributed by atoms with E-state index in [1.165, 1.54) is 25.3 Å². The van der Waals surface area contributed by atoms with E-state index in [1.54, 1.807) is 0 Å². The van der Waals surface area contributed by atoms with Crippen LogP contribution in [0.3, 0.4) is 0 Å². The summed E-state index contributed by atoms with van der Waals surface area (Å²) >= 11 is 5.67. The first kappa shape index (κ1) is 16.4. The van der Waals surface area contributed by atoms with Gasteiger partial charge >= 0.3 is 0 Å². The summed E-state index contributed by atoms with van der Waals surface area (Å²) in [6.07, 6.45) is 1.33. The topological polar surface area (TPSA) is 76.1 Å². The fraction of sp³-hybridized carbons (Fsp3) is 0.143. The average Bonchev–Trinajstić information content (AvgIpc) is 2.49. The minimum atomic E-state index is -3.92. The van der Waals surface area contributed by atoms with Crippen molar-refractivity contribution in [3.05, 3.63) is 53.4 Å². The molecule has 0 radical (unpaired) electrons. The lowest BCUT2D eigenvalue weighted by Crippen LogP contribution is -2.32. The largest absolute Gasteiger partial charge is 0.310 e. The van der Waals surface area contributed by atoms with Crippen LogP contribution in [0.5, 0.6) is 0 Å². The number of carbonyl (C=O) groups excluding carboxylic acids is 1. The van der Waals surface area contributed by atoms with Gasteiger partial charge in [-0.05, 0) is 43.3 Å². The van der Waals surface area contributed by atoms with Gasteiger partial charge < -0.3 is 5.32 Å². The lowest BCUT2D eigenvalue weighted by Gasteiger charge is -2.13. The predicted octanol–water partition coefficient (Wildman–Crippen LogP) is 2.68. The predicted molar refractivity (Wildman–Crippen MR) is 80.9 cm³/mol. The molecule has 2 aromatic rings. The van der Waals surface area contributed by atoms with Crippen molar-refractivity contribution in [3.8, 4) is 0 Å². The number of hydrogen-bond donors (Lipinski definition) is 1. The van der Waals surface area contributed by atoms with Crippen LogP contribution in [0.25, 0.3) is 0 Å². The molecule has 22 heavy (non-hydrogen) atoms. The molecular weight excluding hydrogens is 331 g/mol. The number of carbonyl (C=O) groups is 1. The summed E-state index contributed by atoms with van der Waals surface area (Å²) in [5.41, 5.74) is 0. The van der Waals surface area contributed by atoms with Gasteiger partial charge in [-0.1, -0.05) is 11.6 Å². The van der Waals surface area contributed by atoms with Crippen molar-refractivity contribution in [1.29, 1.82) is 0 Å². The van der Waals surface area contributed by atoms with Crippen molar-refractivity contribution in [2.75, 3.05) is 5.32 Å². The number of pyridine rings is 1. The molecule has 8 heteroatoms. The molecule has 0 saturated heterocycles. The van der Waals surface area contributed by atoms with Gasteiger partial charge in [0.15, 0.2) is 9.84 Å². The molecule has 1 N–H and O–H groups in total. The van der Waals surface area contributed by atoms with Gasteiger partial charge in [-0.15, -0.1) is 0 Å². The number of halogens is 2. The highest BCUT2D eigenvalue weighted by Crippen LogP contribution is 2.18. The van der Waals surface area contributed by atoms with Crippen molar-refractivity contribution >= 4 is 33.2 Å². The minimum absolute atomic E-state index is 0.124. The van der Waals surface area contributed by atoms with E-state index in [-0.39, 0.29) is 10.7 Å². The Balaban J connectivity index is 2.18. The summed E-state index contributed by atoms with van der Waals surface area (Å²) in [6.45, 7) is 1.25. The molecule has 0 aliphatic heterocycles. The van der Waals surface area contributed by atoms with E-state index < -0.39 is 26.8 Å². The first-order chi connectivity index (χ1) is 10.3. The summed E-state index contributed by atoms with van der Waals surface area (Å²) in [6, 6.07) is 7.27. The molecule has 1 aromatic heterocycles. The van der Waals surface area contributed by atoms with Gasteiger partial charge in [-0.2, -0.15) is 0 Å². The third-order valence-electron chi connectivity index (χ3n) is 2.96. The zero-order valence-electron chi connectivity index (χ0n) is 11.5. The normalized spacial score (nSPS) is 12.7. The molecule has 2 rings (SSSR count). The maximum absolute atomic E-state index is 12.9. The fourth-order valence-corrected chi connectivity index (χ4v) is 3.02. The molecule has 0 saturated carbocycles. The summed E-state index contributed by atoms with van der Waals surface area (Å²) in [5, 5.41) is 1.44. The third-order valence-corrected chi connectivity index (χ3v) is 5.25. The monoisotopic (exact) mass is 342 g/mol. The molecule has 116 valence electrons. The Labute approximate surface area is 132 Å². The smallest absolute Gasteiger partial charge is 0.243 e. The van der Waals surface area contributed by atoms with E-state index in [2.05, 4.69) is 10.3 Å². The molecule has 1 unspecified atom stereocenters. The number of anilines is 1. The highest BCUT2D eigenvalue weighted by atomic mass is 35.5. The van der Waals surface area contributed by atoms with Gasteiger partial charge in [0.05, 0.1) is 9.92 Å². The molecule has 0 aliphatic rings. The van der Waals surface area contributed by atoms with Crippen molar-refractivity contribution in [2.45, 2.75) is 17.1 Å². The SMILES string of the molecule is CC(C(=O)Nc1ccc(Cl)cn1)S(=O)(=O)c1ccc(F)cc1. The Bertz CT molecular complexity index is 777. The quantitative estimate of drug-likeness (QED) is 0.867. The highest BCUT2D eigenvalue weighted by molar-refractivity contribution is 7.92. The van der Waals surface area contributed by atoms with E-state index in [0.29, 0.717) is 5.02 Å². The van der Waals surface area contributed by atoms with Crippen LogP contribution in [0.4, 0.5) is 10.2 Å². The summed E-state index contributed by atoms with van der Waals surface area (Å²) in [5.74, 6) is -1.10. The molecule has 1 atom stereocenters. The van der Waals surface area contributed by atoms with Crippen LogP contribution in [0.1, 0.15) is 6.92 Å². The van der Waals surface area contributed by atoms with Gasteiger partial charge in [-0.3, -0.25) is 4.79 Å². The number of nitrogens with one attached hydrogen (secondary N) is 1. The molecule has 1 aromatic carbocycles. The molecule has 0 aliphatic carbocycles. The minimum Gasteiger partial charge on any atom is -0.310 e. The van der Waals surface area contributed by atoms with Gasteiger partial charge in [0, 0.05) is 6.20 Å². The van der Waals surface area contributed by atoms with Crippen molar-refractivity contribution in [3.63, 3.8) is 0 Å². The van der Waals surface area contributed by atoms with Crippen LogP contribution in [-0.4, -0.2) is 24.6 Å². The molecule has 0 spiro atoms. The highest BCUT2D eigenvalue weighted by Gasteiger charge is 2.30. The lowest BCUT2D eigenvalue weighted by atomic mass is 10.3. The summed E-state index contributed by atoms with van der Waals surface area (Å²) in [7, 11) is -3.92. The first-order valence-corrected chi connectivity index (χ1v) is 8.15. The van der Waals surface area contributed by atoms with Crippen molar-refractivity contribution in [2.24, 2.45) is 0 Å². The zero-order chi connectivity index (χ0) is 16.3. The van der Waals surface area contributed by atoms with Crippen LogP contribution >= 0.6 is 11.6 Å². The molecule has 5 nitrogen and oxygen atoms in total. The maximum atomic E-state index is 12.9. The van der Waals surface area contributed by atoms with Crippen LogP contribution in [0, 0.1) is 5.82 Å². The van der Waals surface area contributed by atoms with E-state index >= 15 is 0 Å². The van der Waals surface area contributed by atoms with Crippen molar-refractivity contribution in [1.82, 2.24) is 4.98 Å². The number of benzene rings is 1. The number of rotatable bonds is 4. The van der Waals surface area contributed by atoms with Gasteiger partial charge in [0.1, 0.15) is 16.9 Å². The average molecular weight is 343 g/mol. The van der Waals surface area contributed by atoms with Gasteiger partial charge in [-0.25, -0.2) is 17.8 Å². The first-order valence-electron chi connectivity index (χ1n) is 6.22. The third kappa shape index (κ3) is 3.61. The van der Waals surface area contributed by atoms with E-state index in [9.17, 15) is 17.6 Å². The Morgan fingerprint density at radius 3 is 2.41 bits per heavy atom. The van der Waals surface area contributed by atoms with E-state index in [1.807, 2.05) is 0 Å². The second-order valence-corrected chi connectivity index (χ2v) is 7.20. The molecule has 0 fully saturated rings. The molecule has 1 heterocycles. The lowest BCUT2D eigenvalue weighted by molar-refractivity contribution is -0.115. The second kappa shape index (κ2) is 6.41. The Morgan fingerprint density at radius 2 is 1.86 bits per heavy atom. The second-order valence-electron chi connectivity index (χ2n) is 4.49.